The second-order valence-electron chi connectivity index (χ2n) is 7.28. The minimum atomic E-state index is -0.362. The van der Waals surface area contributed by atoms with Gasteiger partial charge >= 0.3 is 0 Å². The predicted molar refractivity (Wildman–Crippen MR) is 118 cm³/mol. The third kappa shape index (κ3) is 3.85. The first-order valence-electron chi connectivity index (χ1n) is 9.99. The lowest BCUT2D eigenvalue weighted by atomic mass is 10.1. The van der Waals surface area contributed by atoms with E-state index in [1.54, 1.807) is 30.0 Å². The number of methoxy groups -OCH3 is 1. The lowest BCUT2D eigenvalue weighted by Crippen LogP contribution is -2.44. The van der Waals surface area contributed by atoms with Gasteiger partial charge in [-0.3, -0.25) is 14.0 Å². The van der Waals surface area contributed by atoms with Gasteiger partial charge in [0, 0.05) is 13.3 Å². The third-order valence-electron chi connectivity index (χ3n) is 5.27. The molecule has 3 N–H and O–H groups in total. The summed E-state index contributed by atoms with van der Waals surface area (Å²) in [5.41, 5.74) is 8.24. The molecule has 8 heteroatoms. The van der Waals surface area contributed by atoms with Gasteiger partial charge in [0.25, 0.3) is 17.1 Å². The van der Waals surface area contributed by atoms with Crippen molar-refractivity contribution in [2.45, 2.75) is 19.5 Å². The minimum Gasteiger partial charge on any atom is -0.381 e. The monoisotopic (exact) mass is 418 g/mol. The lowest BCUT2D eigenvalue weighted by Gasteiger charge is -2.16. The summed E-state index contributed by atoms with van der Waals surface area (Å²) in [6.45, 7) is 2.60. The zero-order valence-corrected chi connectivity index (χ0v) is 17.4. The molecule has 3 aromatic heterocycles. The highest BCUT2D eigenvalue weighted by atomic mass is 16.5. The summed E-state index contributed by atoms with van der Waals surface area (Å²) in [5.74, 6) is -0.131. The topological polar surface area (TPSA) is 103 Å². The Bertz CT molecular complexity index is 1320. The van der Waals surface area contributed by atoms with Crippen molar-refractivity contribution in [1.29, 1.82) is 0 Å². The van der Waals surface area contributed by atoms with Crippen molar-refractivity contribution in [2.24, 2.45) is 0 Å². The molecule has 0 unspecified atom stereocenters. The molecule has 1 aromatic carbocycles. The molecule has 0 saturated carbocycles. The number of pyridine rings is 2. The first kappa shape index (κ1) is 20.5. The molecule has 0 radical (unpaired) electrons. The van der Waals surface area contributed by atoms with E-state index in [2.05, 4.69) is 10.3 Å². The van der Waals surface area contributed by atoms with Gasteiger partial charge in [-0.15, -0.1) is 0 Å². The van der Waals surface area contributed by atoms with E-state index >= 15 is 0 Å². The number of aromatic nitrogens is 3. The summed E-state index contributed by atoms with van der Waals surface area (Å²) in [6.07, 6.45) is 1.65. The quantitative estimate of drug-likeness (QED) is 0.368. The number of amides is 1. The second-order valence-corrected chi connectivity index (χ2v) is 7.28. The van der Waals surface area contributed by atoms with E-state index in [9.17, 15) is 9.59 Å². The van der Waals surface area contributed by atoms with Crippen molar-refractivity contribution in [1.82, 2.24) is 14.7 Å². The van der Waals surface area contributed by atoms with Crippen LogP contribution in [-0.4, -0.2) is 29.0 Å². The Kier molecular flexibility index (Phi) is 5.64. The Morgan fingerprint density at radius 1 is 1.23 bits per heavy atom. The van der Waals surface area contributed by atoms with Gasteiger partial charge in [0.15, 0.2) is 0 Å². The molecule has 0 aliphatic heterocycles. The molecule has 1 amide bonds. The molecule has 0 spiro atoms. The number of nitrogens with zero attached hydrogens (tertiary/aromatic N) is 3. The summed E-state index contributed by atoms with van der Waals surface area (Å²) in [5, 5.41) is 3.28. The number of nitrogen functional groups attached to an aromatic ring is 1. The highest BCUT2D eigenvalue weighted by Crippen LogP contribution is 2.17. The molecule has 4 aromatic rings. The number of rotatable bonds is 6. The molecule has 1 atom stereocenters. The SMILES string of the molecule is COCC[n+]1c(N)c(C(=O)N[C@H](C)c2ccccc2)cc2c(=O)n3ccccc3nc21. The van der Waals surface area contributed by atoms with Crippen LogP contribution in [0.5, 0.6) is 0 Å². The maximum atomic E-state index is 13.1. The van der Waals surface area contributed by atoms with E-state index in [1.165, 1.54) is 10.5 Å². The predicted octanol–water partition coefficient (Wildman–Crippen LogP) is 1.85. The highest BCUT2D eigenvalue weighted by Gasteiger charge is 2.25. The summed E-state index contributed by atoms with van der Waals surface area (Å²) in [7, 11) is 1.58. The number of ether oxygens (including phenoxy) is 1. The van der Waals surface area contributed by atoms with Gasteiger partial charge < -0.3 is 15.8 Å². The van der Waals surface area contributed by atoms with Crippen molar-refractivity contribution >= 4 is 28.4 Å². The van der Waals surface area contributed by atoms with Crippen LogP contribution in [0.2, 0.25) is 0 Å². The first-order chi connectivity index (χ1) is 15.0. The van der Waals surface area contributed by atoms with Gasteiger partial charge in [0.1, 0.15) is 10.9 Å². The average Bonchev–Trinajstić information content (AvgIpc) is 2.79. The number of fused-ring (bicyclic) bond motifs is 2. The Morgan fingerprint density at radius 2 is 1.97 bits per heavy atom. The van der Waals surface area contributed by atoms with Crippen molar-refractivity contribution in [3.05, 3.63) is 82.3 Å². The molecular formula is C23H24N5O3+. The number of carbonyl (C=O) groups excluding carboxylic acids is 1. The molecule has 0 saturated heterocycles. The third-order valence-corrected chi connectivity index (χ3v) is 5.27. The van der Waals surface area contributed by atoms with E-state index in [-0.39, 0.29) is 28.9 Å². The fraction of sp³-hybridized carbons (Fsp3) is 0.217. The summed E-state index contributed by atoms with van der Waals surface area (Å²) in [4.78, 5) is 30.9. The van der Waals surface area contributed by atoms with Crippen LogP contribution in [0.15, 0.2) is 65.6 Å². The van der Waals surface area contributed by atoms with Crippen LogP contribution in [0.1, 0.15) is 28.9 Å². The molecule has 8 nitrogen and oxygen atoms in total. The Labute approximate surface area is 178 Å². The fourth-order valence-corrected chi connectivity index (χ4v) is 3.59. The number of nitrogens with two attached hydrogens (primary N) is 1. The Hall–Kier alpha value is -3.78. The van der Waals surface area contributed by atoms with Crippen LogP contribution < -0.4 is 21.2 Å². The standard InChI is InChI=1S/C23H23N5O3/c1-15(16-8-4-3-5-9-16)25-22(29)17-14-18-21(28(20(17)24)12-13-31-2)26-19-10-6-7-11-27(19)23(18)30/h3-11,14-15,24H,12-13H2,1-2H3,(H,25,29)/p+1/t15-/m1/s1. The zero-order valence-electron chi connectivity index (χ0n) is 17.4. The van der Waals surface area contributed by atoms with E-state index in [0.717, 1.165) is 5.56 Å². The molecule has 0 bridgehead atoms. The van der Waals surface area contributed by atoms with Gasteiger partial charge in [-0.2, -0.15) is 0 Å². The first-order valence-corrected chi connectivity index (χ1v) is 9.99. The molecule has 158 valence electrons. The number of benzene rings is 1. The molecule has 4 rings (SSSR count). The summed E-state index contributed by atoms with van der Waals surface area (Å²) < 4.78 is 8.32. The average molecular weight is 418 g/mol. The van der Waals surface area contributed by atoms with Gasteiger partial charge in [0.05, 0.1) is 19.2 Å². The van der Waals surface area contributed by atoms with Crippen molar-refractivity contribution < 1.29 is 14.1 Å². The van der Waals surface area contributed by atoms with Crippen molar-refractivity contribution in [3.8, 4) is 0 Å². The van der Waals surface area contributed by atoms with Crippen LogP contribution in [-0.2, 0) is 11.3 Å². The molecule has 0 aliphatic rings. The van der Waals surface area contributed by atoms with E-state index in [4.69, 9.17) is 10.5 Å². The van der Waals surface area contributed by atoms with E-state index in [1.807, 2.05) is 43.3 Å². The molecule has 31 heavy (non-hydrogen) atoms. The van der Waals surface area contributed by atoms with Gasteiger partial charge in [0.2, 0.25) is 11.5 Å². The second kappa shape index (κ2) is 8.53. The number of carbonyl (C=O) groups is 1. The van der Waals surface area contributed by atoms with Crippen LogP contribution in [0, 0.1) is 0 Å². The Morgan fingerprint density at radius 3 is 2.71 bits per heavy atom. The van der Waals surface area contributed by atoms with Crippen molar-refractivity contribution in [3.63, 3.8) is 0 Å². The van der Waals surface area contributed by atoms with Crippen LogP contribution in [0.4, 0.5) is 5.82 Å². The smallest absolute Gasteiger partial charge is 0.278 e. The number of anilines is 1. The van der Waals surface area contributed by atoms with Crippen molar-refractivity contribution in [2.75, 3.05) is 19.5 Å². The molecule has 0 fully saturated rings. The van der Waals surface area contributed by atoms with Crippen LogP contribution >= 0.6 is 0 Å². The zero-order chi connectivity index (χ0) is 22.0. The van der Waals surface area contributed by atoms with Crippen LogP contribution in [0.25, 0.3) is 16.7 Å². The van der Waals surface area contributed by atoms with E-state index in [0.29, 0.717) is 29.8 Å². The number of nitrogens with one attached hydrogen (secondary N) is 1. The van der Waals surface area contributed by atoms with E-state index < -0.39 is 0 Å². The summed E-state index contributed by atoms with van der Waals surface area (Å²) in [6, 6.07) is 16.2. The van der Waals surface area contributed by atoms with Gasteiger partial charge in [-0.05, 0) is 30.7 Å². The minimum absolute atomic E-state index is 0.223. The molecule has 3 heterocycles. The largest absolute Gasteiger partial charge is 0.381 e. The molecule has 0 aliphatic carbocycles. The normalized spacial score (nSPS) is 12.2. The number of hydrogen-bond donors (Lipinski definition) is 2. The Balaban J connectivity index is 1.85. The number of hydrogen-bond acceptors (Lipinski definition) is 5. The lowest BCUT2D eigenvalue weighted by molar-refractivity contribution is -0.660. The van der Waals surface area contributed by atoms with Crippen LogP contribution in [0.3, 0.4) is 0 Å². The van der Waals surface area contributed by atoms with Gasteiger partial charge in [-0.25, -0.2) is 4.57 Å². The fourth-order valence-electron chi connectivity index (χ4n) is 3.59. The maximum absolute atomic E-state index is 13.1. The molecular weight excluding hydrogens is 394 g/mol. The summed E-state index contributed by atoms with van der Waals surface area (Å²) >= 11 is 0. The van der Waals surface area contributed by atoms with Gasteiger partial charge in [-0.1, -0.05) is 41.4 Å². The highest BCUT2D eigenvalue weighted by molar-refractivity contribution is 6.00. The maximum Gasteiger partial charge on any atom is 0.278 e.